The predicted molar refractivity (Wildman–Crippen MR) is 98.9 cm³/mol. The van der Waals surface area contributed by atoms with Crippen LogP contribution < -0.4 is 14.8 Å². The second-order valence-corrected chi connectivity index (χ2v) is 6.65. The topological polar surface area (TPSA) is 78.3 Å². The fourth-order valence-electron chi connectivity index (χ4n) is 3.47. The van der Waals surface area contributed by atoms with E-state index in [-0.39, 0.29) is 12.7 Å². The number of benzene rings is 2. The van der Waals surface area contributed by atoms with E-state index in [2.05, 4.69) is 20.1 Å². The monoisotopic (exact) mass is 362 g/mol. The van der Waals surface area contributed by atoms with Gasteiger partial charge in [0.05, 0.1) is 0 Å². The van der Waals surface area contributed by atoms with Gasteiger partial charge in [-0.05, 0) is 55.3 Å². The van der Waals surface area contributed by atoms with Crippen molar-refractivity contribution in [3.63, 3.8) is 0 Å². The van der Waals surface area contributed by atoms with Crippen LogP contribution >= 0.6 is 0 Å². The first kappa shape index (κ1) is 15.9. The maximum Gasteiger partial charge on any atom is 0.255 e. The van der Waals surface area contributed by atoms with Gasteiger partial charge in [-0.2, -0.15) is 0 Å². The standard InChI is InChI=1S/C20H18N4O3/c25-20(14-6-9-16-17(11-14)27-12-26-16)21-15-7-4-13(5-8-15)19-23-22-18-3-1-2-10-24(18)19/h4-9,11H,1-3,10,12H2,(H,21,25). The van der Waals surface area contributed by atoms with Crippen molar-refractivity contribution in [1.29, 1.82) is 0 Å². The Bertz CT molecular complexity index is 1010. The van der Waals surface area contributed by atoms with Gasteiger partial charge in [0.25, 0.3) is 5.91 Å². The smallest absolute Gasteiger partial charge is 0.255 e. The number of fused-ring (bicyclic) bond motifs is 2. The third-order valence-corrected chi connectivity index (χ3v) is 4.90. The third-order valence-electron chi connectivity index (χ3n) is 4.90. The lowest BCUT2D eigenvalue weighted by molar-refractivity contribution is 0.102. The van der Waals surface area contributed by atoms with E-state index < -0.39 is 0 Å². The number of hydrogen-bond donors (Lipinski definition) is 1. The minimum absolute atomic E-state index is 0.189. The molecule has 3 aromatic rings. The van der Waals surface area contributed by atoms with E-state index in [4.69, 9.17) is 9.47 Å². The Hall–Kier alpha value is -3.35. The quantitative estimate of drug-likeness (QED) is 0.774. The molecule has 2 aliphatic rings. The molecule has 0 saturated heterocycles. The highest BCUT2D eigenvalue weighted by Gasteiger charge is 2.18. The lowest BCUT2D eigenvalue weighted by Gasteiger charge is -2.14. The molecule has 7 heteroatoms. The van der Waals surface area contributed by atoms with E-state index in [1.54, 1.807) is 18.2 Å². The fourth-order valence-corrected chi connectivity index (χ4v) is 3.47. The molecule has 7 nitrogen and oxygen atoms in total. The van der Waals surface area contributed by atoms with Gasteiger partial charge in [-0.3, -0.25) is 4.79 Å². The Morgan fingerprint density at radius 1 is 1.00 bits per heavy atom. The third kappa shape index (κ3) is 2.91. The molecule has 0 spiro atoms. The van der Waals surface area contributed by atoms with Crippen molar-refractivity contribution in [2.45, 2.75) is 25.8 Å². The first-order valence-electron chi connectivity index (χ1n) is 9.01. The number of carbonyl (C=O) groups excluding carboxylic acids is 1. The average molecular weight is 362 g/mol. The van der Waals surface area contributed by atoms with Crippen LogP contribution in [0.5, 0.6) is 11.5 Å². The molecular formula is C20H18N4O3. The number of aromatic nitrogens is 3. The summed E-state index contributed by atoms with van der Waals surface area (Å²) in [5, 5.41) is 11.5. The number of amides is 1. The van der Waals surface area contributed by atoms with Crippen LogP contribution in [0.25, 0.3) is 11.4 Å². The van der Waals surface area contributed by atoms with Crippen molar-refractivity contribution in [2.75, 3.05) is 12.1 Å². The Kier molecular flexibility index (Phi) is 3.78. The zero-order valence-corrected chi connectivity index (χ0v) is 14.6. The molecule has 2 aliphatic heterocycles. The Morgan fingerprint density at radius 2 is 1.85 bits per heavy atom. The second kappa shape index (κ2) is 6.42. The fraction of sp³-hybridized carbons (Fsp3) is 0.250. The molecule has 2 aromatic carbocycles. The van der Waals surface area contributed by atoms with Gasteiger partial charge in [0.1, 0.15) is 5.82 Å². The number of hydrogen-bond acceptors (Lipinski definition) is 5. The van der Waals surface area contributed by atoms with Crippen LogP contribution in [0.3, 0.4) is 0 Å². The largest absolute Gasteiger partial charge is 0.454 e. The highest BCUT2D eigenvalue weighted by atomic mass is 16.7. The molecule has 0 bridgehead atoms. The van der Waals surface area contributed by atoms with E-state index in [1.807, 2.05) is 24.3 Å². The molecule has 0 unspecified atom stereocenters. The van der Waals surface area contributed by atoms with Crippen molar-refractivity contribution in [3.05, 3.63) is 53.9 Å². The first-order chi connectivity index (χ1) is 13.3. The summed E-state index contributed by atoms with van der Waals surface area (Å²) in [6, 6.07) is 12.8. The molecule has 5 rings (SSSR count). The number of anilines is 1. The Labute approximate surface area is 155 Å². The van der Waals surface area contributed by atoms with E-state index in [0.29, 0.717) is 17.1 Å². The van der Waals surface area contributed by atoms with Gasteiger partial charge in [0, 0.05) is 29.8 Å². The molecule has 1 amide bonds. The summed E-state index contributed by atoms with van der Waals surface area (Å²) in [5.41, 5.74) is 2.24. The van der Waals surface area contributed by atoms with Crippen LogP contribution in [0.4, 0.5) is 5.69 Å². The van der Waals surface area contributed by atoms with Crippen LogP contribution in [-0.2, 0) is 13.0 Å². The summed E-state index contributed by atoms with van der Waals surface area (Å²) in [6.07, 6.45) is 3.31. The van der Waals surface area contributed by atoms with E-state index >= 15 is 0 Å². The van der Waals surface area contributed by atoms with Gasteiger partial charge in [0.2, 0.25) is 6.79 Å². The zero-order valence-electron chi connectivity index (χ0n) is 14.6. The van der Waals surface area contributed by atoms with Gasteiger partial charge < -0.3 is 19.4 Å². The van der Waals surface area contributed by atoms with Gasteiger partial charge >= 0.3 is 0 Å². The maximum atomic E-state index is 12.5. The minimum atomic E-state index is -0.194. The first-order valence-corrected chi connectivity index (χ1v) is 9.01. The van der Waals surface area contributed by atoms with Crippen LogP contribution in [-0.4, -0.2) is 27.5 Å². The molecule has 1 aromatic heterocycles. The molecular weight excluding hydrogens is 344 g/mol. The van der Waals surface area contributed by atoms with Gasteiger partial charge in [0.15, 0.2) is 17.3 Å². The molecule has 0 radical (unpaired) electrons. The average Bonchev–Trinajstić information content (AvgIpc) is 3.35. The predicted octanol–water partition coefficient (Wildman–Crippen LogP) is 3.26. The van der Waals surface area contributed by atoms with E-state index in [0.717, 1.165) is 42.3 Å². The molecule has 27 heavy (non-hydrogen) atoms. The molecule has 0 aliphatic carbocycles. The highest BCUT2D eigenvalue weighted by Crippen LogP contribution is 2.32. The summed E-state index contributed by atoms with van der Waals surface area (Å²) in [5.74, 6) is 3.00. The summed E-state index contributed by atoms with van der Waals surface area (Å²) < 4.78 is 12.8. The summed E-state index contributed by atoms with van der Waals surface area (Å²) in [4.78, 5) is 12.5. The van der Waals surface area contributed by atoms with Crippen LogP contribution in [0.1, 0.15) is 29.0 Å². The van der Waals surface area contributed by atoms with Crippen molar-refractivity contribution in [3.8, 4) is 22.9 Å². The summed E-state index contributed by atoms with van der Waals surface area (Å²) >= 11 is 0. The lowest BCUT2D eigenvalue weighted by Crippen LogP contribution is -2.12. The number of carbonyl (C=O) groups is 1. The number of aryl methyl sites for hydroxylation is 1. The summed E-state index contributed by atoms with van der Waals surface area (Å²) in [7, 11) is 0. The molecule has 0 atom stereocenters. The normalized spacial score (nSPS) is 14.7. The van der Waals surface area contributed by atoms with Crippen LogP contribution in [0, 0.1) is 0 Å². The van der Waals surface area contributed by atoms with Crippen molar-refractivity contribution >= 4 is 11.6 Å². The van der Waals surface area contributed by atoms with Crippen LogP contribution in [0.15, 0.2) is 42.5 Å². The molecule has 0 saturated carbocycles. The SMILES string of the molecule is O=C(Nc1ccc(-c2nnc3n2CCCC3)cc1)c1ccc2c(c1)OCO2. The number of ether oxygens (including phenoxy) is 2. The lowest BCUT2D eigenvalue weighted by atomic mass is 10.1. The van der Waals surface area contributed by atoms with Gasteiger partial charge in [-0.25, -0.2) is 0 Å². The second-order valence-electron chi connectivity index (χ2n) is 6.65. The van der Waals surface area contributed by atoms with E-state index in [1.165, 1.54) is 6.42 Å². The molecule has 0 fully saturated rings. The Balaban J connectivity index is 1.33. The van der Waals surface area contributed by atoms with Gasteiger partial charge in [-0.1, -0.05) is 0 Å². The van der Waals surface area contributed by atoms with Crippen LogP contribution in [0.2, 0.25) is 0 Å². The number of nitrogens with one attached hydrogen (secondary N) is 1. The minimum Gasteiger partial charge on any atom is -0.454 e. The number of rotatable bonds is 3. The van der Waals surface area contributed by atoms with Crippen molar-refractivity contribution in [1.82, 2.24) is 14.8 Å². The zero-order chi connectivity index (χ0) is 18.2. The molecule has 136 valence electrons. The highest BCUT2D eigenvalue weighted by molar-refractivity contribution is 6.04. The maximum absolute atomic E-state index is 12.5. The molecule has 3 heterocycles. The molecule has 1 N–H and O–H groups in total. The van der Waals surface area contributed by atoms with Crippen molar-refractivity contribution in [2.24, 2.45) is 0 Å². The van der Waals surface area contributed by atoms with Crippen molar-refractivity contribution < 1.29 is 14.3 Å². The van der Waals surface area contributed by atoms with Gasteiger partial charge in [-0.15, -0.1) is 10.2 Å². The van der Waals surface area contributed by atoms with E-state index in [9.17, 15) is 4.79 Å². The Morgan fingerprint density at radius 3 is 2.74 bits per heavy atom. The summed E-state index contributed by atoms with van der Waals surface area (Å²) in [6.45, 7) is 1.15. The number of nitrogens with zero attached hydrogens (tertiary/aromatic N) is 3.